The lowest BCUT2D eigenvalue weighted by molar-refractivity contribution is -0.384. The van der Waals surface area contributed by atoms with Crippen molar-refractivity contribution in [2.75, 3.05) is 5.32 Å². The molecule has 0 saturated carbocycles. The molecule has 2 aromatic carbocycles. The quantitative estimate of drug-likeness (QED) is 0.505. The monoisotopic (exact) mass is 341 g/mol. The number of amides is 1. The van der Waals surface area contributed by atoms with Gasteiger partial charge < -0.3 is 5.32 Å². The van der Waals surface area contributed by atoms with Crippen LogP contribution in [0.4, 0.5) is 17.1 Å². The molecule has 1 amide bonds. The Hall–Kier alpha value is -3.55. The molecule has 0 radical (unpaired) electrons. The second-order valence-corrected chi connectivity index (χ2v) is 5.33. The summed E-state index contributed by atoms with van der Waals surface area (Å²) in [6.45, 7) is 3.47. The van der Waals surface area contributed by atoms with E-state index in [0.717, 1.165) is 5.56 Å². The first kappa shape index (κ1) is 17.8. The Balaban J connectivity index is 2.24. The fourth-order valence-electron chi connectivity index (χ4n) is 2.19. The van der Waals surface area contributed by atoms with Gasteiger partial charge in [-0.1, -0.05) is 18.2 Å². The van der Waals surface area contributed by atoms with E-state index in [1.165, 1.54) is 36.4 Å². The molecule has 2 aromatic rings. The van der Waals surface area contributed by atoms with Crippen LogP contribution in [0.15, 0.2) is 42.5 Å². The number of nitro groups is 2. The standard InChI is InChI=1S/C17H15N3O5/c1-11-6-8-15(20(24)25)17(12(11)2)18-16(21)9-7-13-4-3-5-14(10-13)19(22)23/h3-10H,1-2H3,(H,18,21). The third-order valence-corrected chi connectivity index (χ3v) is 3.67. The van der Waals surface area contributed by atoms with Crippen molar-refractivity contribution >= 4 is 29.0 Å². The molecular weight excluding hydrogens is 326 g/mol. The van der Waals surface area contributed by atoms with Crippen LogP contribution in [0.25, 0.3) is 6.08 Å². The molecule has 0 aliphatic carbocycles. The van der Waals surface area contributed by atoms with Crippen molar-refractivity contribution in [1.82, 2.24) is 0 Å². The number of carbonyl (C=O) groups is 1. The van der Waals surface area contributed by atoms with Gasteiger partial charge in [0.2, 0.25) is 5.91 Å². The van der Waals surface area contributed by atoms with Crippen molar-refractivity contribution in [3.63, 3.8) is 0 Å². The van der Waals surface area contributed by atoms with E-state index in [0.29, 0.717) is 11.1 Å². The molecule has 1 N–H and O–H groups in total. The molecule has 0 aromatic heterocycles. The number of benzene rings is 2. The van der Waals surface area contributed by atoms with Crippen LogP contribution in [0.1, 0.15) is 16.7 Å². The van der Waals surface area contributed by atoms with Crippen molar-refractivity contribution in [3.8, 4) is 0 Å². The lowest BCUT2D eigenvalue weighted by Gasteiger charge is -2.09. The van der Waals surface area contributed by atoms with Crippen molar-refractivity contribution in [2.45, 2.75) is 13.8 Å². The number of nitro benzene ring substituents is 2. The van der Waals surface area contributed by atoms with Crippen molar-refractivity contribution in [1.29, 1.82) is 0 Å². The summed E-state index contributed by atoms with van der Waals surface area (Å²) in [4.78, 5) is 32.9. The first-order valence-corrected chi connectivity index (χ1v) is 7.27. The van der Waals surface area contributed by atoms with Gasteiger partial charge >= 0.3 is 0 Å². The van der Waals surface area contributed by atoms with E-state index in [-0.39, 0.29) is 17.1 Å². The number of carbonyl (C=O) groups excluding carboxylic acids is 1. The van der Waals surface area contributed by atoms with E-state index >= 15 is 0 Å². The minimum absolute atomic E-state index is 0.0901. The van der Waals surface area contributed by atoms with Crippen molar-refractivity contribution in [2.24, 2.45) is 0 Å². The Morgan fingerprint density at radius 1 is 1.08 bits per heavy atom. The van der Waals surface area contributed by atoms with Gasteiger partial charge in [-0.2, -0.15) is 0 Å². The van der Waals surface area contributed by atoms with Crippen molar-refractivity contribution in [3.05, 3.63) is 79.4 Å². The van der Waals surface area contributed by atoms with Gasteiger partial charge in [-0.25, -0.2) is 0 Å². The van der Waals surface area contributed by atoms with Crippen LogP contribution in [-0.4, -0.2) is 15.8 Å². The predicted molar refractivity (Wildman–Crippen MR) is 93.3 cm³/mol. The van der Waals surface area contributed by atoms with E-state index in [4.69, 9.17) is 0 Å². The van der Waals surface area contributed by atoms with Gasteiger partial charge in [-0.05, 0) is 36.6 Å². The third-order valence-electron chi connectivity index (χ3n) is 3.67. The van der Waals surface area contributed by atoms with Crippen LogP contribution in [0, 0.1) is 34.1 Å². The summed E-state index contributed by atoms with van der Waals surface area (Å²) in [5.74, 6) is -0.566. The van der Waals surface area contributed by atoms with Crippen molar-refractivity contribution < 1.29 is 14.6 Å². The first-order chi connectivity index (χ1) is 11.8. The Bertz CT molecular complexity index is 890. The maximum absolute atomic E-state index is 12.1. The van der Waals surface area contributed by atoms with E-state index in [1.807, 2.05) is 0 Å². The van der Waals surface area contributed by atoms with E-state index < -0.39 is 15.8 Å². The molecule has 2 rings (SSSR count). The summed E-state index contributed by atoms with van der Waals surface area (Å²) in [7, 11) is 0. The first-order valence-electron chi connectivity index (χ1n) is 7.27. The van der Waals surface area contributed by atoms with Crippen LogP contribution in [0.2, 0.25) is 0 Å². The minimum Gasteiger partial charge on any atom is -0.317 e. The van der Waals surface area contributed by atoms with Crippen LogP contribution < -0.4 is 5.32 Å². The highest BCUT2D eigenvalue weighted by molar-refractivity contribution is 6.03. The number of rotatable bonds is 5. The molecule has 0 unspecified atom stereocenters. The molecular formula is C17H15N3O5. The van der Waals surface area contributed by atoms with Crippen LogP contribution in [0.3, 0.4) is 0 Å². The molecule has 0 aliphatic rings. The summed E-state index contributed by atoms with van der Waals surface area (Å²) >= 11 is 0. The van der Waals surface area contributed by atoms with Gasteiger partial charge in [0.1, 0.15) is 5.69 Å². The Morgan fingerprint density at radius 2 is 1.80 bits per heavy atom. The topological polar surface area (TPSA) is 115 Å². The largest absolute Gasteiger partial charge is 0.317 e. The molecule has 25 heavy (non-hydrogen) atoms. The number of aryl methyl sites for hydroxylation is 1. The Morgan fingerprint density at radius 3 is 2.44 bits per heavy atom. The minimum atomic E-state index is -0.566. The van der Waals surface area contributed by atoms with E-state index in [9.17, 15) is 25.0 Å². The lowest BCUT2D eigenvalue weighted by Crippen LogP contribution is -2.11. The summed E-state index contributed by atoms with van der Waals surface area (Å²) in [5, 5.41) is 24.4. The fourth-order valence-corrected chi connectivity index (χ4v) is 2.19. The number of anilines is 1. The van der Waals surface area contributed by atoms with E-state index in [1.54, 1.807) is 26.0 Å². The van der Waals surface area contributed by atoms with Gasteiger partial charge in [0.15, 0.2) is 0 Å². The smallest absolute Gasteiger partial charge is 0.293 e. The molecule has 0 atom stereocenters. The van der Waals surface area contributed by atoms with Crippen LogP contribution in [0.5, 0.6) is 0 Å². The second kappa shape index (κ2) is 7.35. The molecule has 8 nitrogen and oxygen atoms in total. The fraction of sp³-hybridized carbons (Fsp3) is 0.118. The third kappa shape index (κ3) is 4.25. The molecule has 0 fully saturated rings. The molecule has 0 spiro atoms. The molecule has 0 saturated heterocycles. The molecule has 0 bridgehead atoms. The predicted octanol–water partition coefficient (Wildman–Crippen LogP) is 3.77. The average Bonchev–Trinajstić information content (AvgIpc) is 2.57. The maximum atomic E-state index is 12.1. The average molecular weight is 341 g/mol. The highest BCUT2D eigenvalue weighted by atomic mass is 16.6. The number of nitrogens with one attached hydrogen (secondary N) is 1. The lowest BCUT2D eigenvalue weighted by atomic mass is 10.1. The highest BCUT2D eigenvalue weighted by Gasteiger charge is 2.18. The Kier molecular flexibility index (Phi) is 5.23. The SMILES string of the molecule is Cc1ccc([N+](=O)[O-])c(NC(=O)C=Cc2cccc([N+](=O)[O-])c2)c1C. The summed E-state index contributed by atoms with van der Waals surface area (Å²) in [6, 6.07) is 8.73. The number of nitrogens with zero attached hydrogens (tertiary/aromatic N) is 2. The number of hydrogen-bond donors (Lipinski definition) is 1. The second-order valence-electron chi connectivity index (χ2n) is 5.33. The summed E-state index contributed by atoms with van der Waals surface area (Å²) in [5.41, 5.74) is 1.74. The van der Waals surface area contributed by atoms with Gasteiger partial charge in [-0.15, -0.1) is 0 Å². The number of non-ortho nitro benzene ring substituents is 1. The molecule has 128 valence electrons. The van der Waals surface area contributed by atoms with Crippen LogP contribution in [-0.2, 0) is 4.79 Å². The summed E-state index contributed by atoms with van der Waals surface area (Å²) in [6.07, 6.45) is 2.57. The molecule has 8 heteroatoms. The van der Waals surface area contributed by atoms with E-state index in [2.05, 4.69) is 5.32 Å². The Labute approximate surface area is 143 Å². The van der Waals surface area contributed by atoms with Gasteiger partial charge in [0, 0.05) is 24.3 Å². The zero-order valence-electron chi connectivity index (χ0n) is 13.6. The zero-order chi connectivity index (χ0) is 18.6. The molecule has 0 aliphatic heterocycles. The summed E-state index contributed by atoms with van der Waals surface area (Å²) < 4.78 is 0. The zero-order valence-corrected chi connectivity index (χ0v) is 13.6. The number of hydrogen-bond acceptors (Lipinski definition) is 5. The normalized spacial score (nSPS) is 10.6. The molecule has 0 heterocycles. The van der Waals surface area contributed by atoms with Gasteiger partial charge in [-0.3, -0.25) is 25.0 Å². The maximum Gasteiger partial charge on any atom is 0.293 e. The highest BCUT2D eigenvalue weighted by Crippen LogP contribution is 2.30. The van der Waals surface area contributed by atoms with Gasteiger partial charge in [0.05, 0.1) is 9.85 Å². The van der Waals surface area contributed by atoms with Crippen LogP contribution >= 0.6 is 0 Å². The van der Waals surface area contributed by atoms with Gasteiger partial charge in [0.25, 0.3) is 11.4 Å².